The van der Waals surface area contributed by atoms with Crippen molar-refractivity contribution in [2.24, 2.45) is 5.73 Å². The number of benzene rings is 2. The number of nitriles is 1. The molecule has 0 saturated heterocycles. The minimum Gasteiger partial charge on any atom is -0.490 e. The number of nitrogens with two attached hydrogens (primary N) is 1. The normalized spacial score (nSPS) is 15.6. The number of esters is 1. The highest BCUT2D eigenvalue weighted by Gasteiger charge is 2.36. The number of rotatable bonds is 8. The number of allylic oxidation sites excluding steroid dienone is 2. The van der Waals surface area contributed by atoms with Crippen molar-refractivity contribution in [3.8, 4) is 17.6 Å². The molecule has 1 unspecified atom stereocenters. The smallest absolute Gasteiger partial charge is 0.338 e. The van der Waals surface area contributed by atoms with Crippen molar-refractivity contribution in [1.82, 2.24) is 0 Å². The number of ether oxygens (including phenoxy) is 4. The fraction of sp³-hybridized carbons (Fsp3) is 0.250. The van der Waals surface area contributed by atoms with Gasteiger partial charge < -0.3 is 24.7 Å². The van der Waals surface area contributed by atoms with Crippen LogP contribution in [0.5, 0.6) is 11.5 Å². The number of nitrogens with zero attached hydrogens (tertiary/aromatic N) is 1. The molecule has 2 N–H and O–H groups in total. The predicted molar refractivity (Wildman–Crippen MR) is 119 cm³/mol. The van der Waals surface area contributed by atoms with Gasteiger partial charge in [-0.2, -0.15) is 5.26 Å². The molecule has 2 aromatic carbocycles. The molecule has 32 heavy (non-hydrogen) atoms. The van der Waals surface area contributed by atoms with E-state index in [4.69, 9.17) is 36.3 Å². The molecule has 1 aliphatic rings. The maximum absolute atomic E-state index is 12.6. The lowest BCUT2D eigenvalue weighted by Gasteiger charge is -2.26. The lowest BCUT2D eigenvalue weighted by molar-refractivity contribution is -0.139. The molecule has 0 saturated carbocycles. The molecule has 0 amide bonds. The molecule has 0 aliphatic carbocycles. The van der Waals surface area contributed by atoms with E-state index >= 15 is 0 Å². The highest BCUT2D eigenvalue weighted by Crippen LogP contribution is 2.39. The van der Waals surface area contributed by atoms with Gasteiger partial charge >= 0.3 is 5.97 Å². The zero-order chi connectivity index (χ0) is 23.1. The summed E-state index contributed by atoms with van der Waals surface area (Å²) in [6.45, 7) is 4.23. The Bertz CT molecular complexity index is 1070. The van der Waals surface area contributed by atoms with Gasteiger partial charge in [0.2, 0.25) is 5.88 Å². The molecule has 166 valence electrons. The fourth-order valence-corrected chi connectivity index (χ4v) is 3.42. The van der Waals surface area contributed by atoms with Crippen molar-refractivity contribution in [2.75, 3.05) is 19.8 Å². The standard InChI is InChI=1S/C24H23ClN2O5/c1-3-29-24(28)21-15(2)32-23(27)20(14-26)22(21)16-4-8-18(9-5-16)30-12-13-31-19-10-6-17(25)7-11-19/h4-11,22H,3,12-13,27H2,1-2H3. The van der Waals surface area contributed by atoms with Crippen LogP contribution < -0.4 is 15.2 Å². The van der Waals surface area contributed by atoms with Crippen molar-refractivity contribution in [1.29, 1.82) is 5.26 Å². The average Bonchev–Trinajstić information content (AvgIpc) is 2.78. The summed E-state index contributed by atoms with van der Waals surface area (Å²) in [6, 6.07) is 16.2. The highest BCUT2D eigenvalue weighted by molar-refractivity contribution is 6.30. The average molecular weight is 455 g/mol. The first-order valence-electron chi connectivity index (χ1n) is 10.0. The lowest BCUT2D eigenvalue weighted by Crippen LogP contribution is -2.25. The molecule has 0 spiro atoms. The number of hydrogen-bond acceptors (Lipinski definition) is 7. The molecule has 0 radical (unpaired) electrons. The first kappa shape index (κ1) is 23.0. The second-order valence-corrected chi connectivity index (χ2v) is 7.27. The Morgan fingerprint density at radius 2 is 1.66 bits per heavy atom. The Kier molecular flexibility index (Phi) is 7.63. The Labute approximate surface area is 191 Å². The maximum Gasteiger partial charge on any atom is 0.338 e. The molecule has 1 heterocycles. The lowest BCUT2D eigenvalue weighted by atomic mass is 9.83. The molecule has 7 nitrogen and oxygen atoms in total. The Morgan fingerprint density at radius 1 is 1.09 bits per heavy atom. The Hall–Kier alpha value is -3.63. The summed E-state index contributed by atoms with van der Waals surface area (Å²) >= 11 is 5.85. The van der Waals surface area contributed by atoms with Crippen molar-refractivity contribution < 1.29 is 23.7 Å². The van der Waals surface area contributed by atoms with E-state index in [1.165, 1.54) is 0 Å². The van der Waals surface area contributed by atoms with Gasteiger partial charge in [0.1, 0.15) is 42.1 Å². The van der Waals surface area contributed by atoms with Crippen LogP contribution in [-0.4, -0.2) is 25.8 Å². The van der Waals surface area contributed by atoms with Gasteiger partial charge in [0.05, 0.1) is 18.1 Å². The Morgan fingerprint density at radius 3 is 2.19 bits per heavy atom. The summed E-state index contributed by atoms with van der Waals surface area (Å²) in [5, 5.41) is 10.3. The number of carbonyl (C=O) groups excluding carboxylic acids is 1. The van der Waals surface area contributed by atoms with Crippen LogP contribution in [-0.2, 0) is 14.3 Å². The first-order valence-corrected chi connectivity index (χ1v) is 10.4. The fourth-order valence-electron chi connectivity index (χ4n) is 3.29. The van der Waals surface area contributed by atoms with Crippen LogP contribution >= 0.6 is 11.6 Å². The van der Waals surface area contributed by atoms with E-state index in [9.17, 15) is 10.1 Å². The van der Waals surface area contributed by atoms with E-state index in [-0.39, 0.29) is 23.6 Å². The van der Waals surface area contributed by atoms with Gasteiger partial charge in [0.25, 0.3) is 0 Å². The van der Waals surface area contributed by atoms with Crippen LogP contribution in [0.3, 0.4) is 0 Å². The van der Waals surface area contributed by atoms with Crippen molar-refractivity contribution in [2.45, 2.75) is 19.8 Å². The third-order valence-electron chi connectivity index (χ3n) is 4.75. The molecule has 3 rings (SSSR count). The van der Waals surface area contributed by atoms with Gasteiger partial charge in [-0.05, 0) is 55.8 Å². The summed E-state index contributed by atoms with van der Waals surface area (Å²) in [6.07, 6.45) is 0. The molecular weight excluding hydrogens is 432 g/mol. The SMILES string of the molecule is CCOC(=O)C1=C(C)OC(N)=C(C#N)C1c1ccc(OCCOc2ccc(Cl)cc2)cc1. The van der Waals surface area contributed by atoms with Crippen LogP contribution in [0, 0.1) is 11.3 Å². The van der Waals surface area contributed by atoms with Crippen molar-refractivity contribution >= 4 is 17.6 Å². The Balaban J connectivity index is 1.70. The van der Waals surface area contributed by atoms with Gasteiger partial charge in [0.15, 0.2) is 0 Å². The molecule has 0 bridgehead atoms. The van der Waals surface area contributed by atoms with Crippen LogP contribution in [0.25, 0.3) is 0 Å². The summed E-state index contributed by atoms with van der Waals surface area (Å²) < 4.78 is 21.9. The second-order valence-electron chi connectivity index (χ2n) is 6.84. The molecule has 0 aromatic heterocycles. The van der Waals surface area contributed by atoms with Gasteiger partial charge in [-0.25, -0.2) is 4.79 Å². The number of halogens is 1. The number of hydrogen-bond donors (Lipinski definition) is 1. The van der Waals surface area contributed by atoms with E-state index in [0.29, 0.717) is 41.1 Å². The minimum atomic E-state index is -0.685. The summed E-state index contributed by atoms with van der Waals surface area (Å²) in [4.78, 5) is 12.6. The van der Waals surface area contributed by atoms with E-state index < -0.39 is 11.9 Å². The molecule has 2 aromatic rings. The topological polar surface area (TPSA) is 104 Å². The maximum atomic E-state index is 12.6. The van der Waals surface area contributed by atoms with Gasteiger partial charge in [-0.1, -0.05) is 23.7 Å². The second kappa shape index (κ2) is 10.6. The quantitative estimate of drug-likeness (QED) is 0.464. The van der Waals surface area contributed by atoms with Crippen LogP contribution in [0.4, 0.5) is 0 Å². The van der Waals surface area contributed by atoms with Gasteiger partial charge in [-0.15, -0.1) is 0 Å². The molecular formula is C24H23ClN2O5. The summed E-state index contributed by atoms with van der Waals surface area (Å²) in [5.41, 5.74) is 7.02. The van der Waals surface area contributed by atoms with Crippen molar-refractivity contribution in [3.05, 3.63) is 81.9 Å². The van der Waals surface area contributed by atoms with E-state index in [1.54, 1.807) is 62.4 Å². The zero-order valence-corrected chi connectivity index (χ0v) is 18.5. The first-order chi connectivity index (χ1) is 15.4. The third-order valence-corrected chi connectivity index (χ3v) is 5.00. The van der Waals surface area contributed by atoms with Gasteiger partial charge in [0, 0.05) is 5.02 Å². The monoisotopic (exact) mass is 454 g/mol. The van der Waals surface area contributed by atoms with Crippen molar-refractivity contribution in [3.63, 3.8) is 0 Å². The van der Waals surface area contributed by atoms with E-state index in [0.717, 1.165) is 0 Å². The van der Waals surface area contributed by atoms with Crippen LogP contribution in [0.15, 0.2) is 71.3 Å². The highest BCUT2D eigenvalue weighted by atomic mass is 35.5. The molecule has 1 aliphatic heterocycles. The summed E-state index contributed by atoms with van der Waals surface area (Å²) in [5.74, 6) is 0.377. The molecule has 8 heteroatoms. The minimum absolute atomic E-state index is 0.0253. The zero-order valence-electron chi connectivity index (χ0n) is 17.8. The summed E-state index contributed by atoms with van der Waals surface area (Å²) in [7, 11) is 0. The predicted octanol–water partition coefficient (Wildman–Crippen LogP) is 4.44. The van der Waals surface area contributed by atoms with Crippen LogP contribution in [0.1, 0.15) is 25.3 Å². The molecule has 0 fully saturated rings. The largest absolute Gasteiger partial charge is 0.490 e. The molecule has 1 atom stereocenters. The van der Waals surface area contributed by atoms with E-state index in [2.05, 4.69) is 6.07 Å². The van der Waals surface area contributed by atoms with E-state index in [1.807, 2.05) is 0 Å². The third kappa shape index (κ3) is 5.34. The van der Waals surface area contributed by atoms with Gasteiger partial charge in [-0.3, -0.25) is 0 Å². The van der Waals surface area contributed by atoms with Crippen LogP contribution in [0.2, 0.25) is 5.02 Å². The number of carbonyl (C=O) groups is 1.